The van der Waals surface area contributed by atoms with Crippen LogP contribution in [0.5, 0.6) is 0 Å². The normalized spacial score (nSPS) is 61.8. The molecule has 7 fully saturated rings. The molecule has 6 aliphatic carbocycles. The van der Waals surface area contributed by atoms with Crippen molar-refractivity contribution in [2.45, 2.75) is 10.1 Å². The molecule has 0 aromatic heterocycles. The van der Waals surface area contributed by atoms with Gasteiger partial charge in [-0.15, -0.1) is 0 Å². The maximum atomic E-state index is 11.5. The van der Waals surface area contributed by atoms with E-state index in [9.17, 15) is 19.8 Å². The summed E-state index contributed by atoms with van der Waals surface area (Å²) in [5.74, 6) is -2.93. The molecule has 4 atom stereocenters. The number of rotatable bonds is 3. The lowest BCUT2D eigenvalue weighted by molar-refractivity contribution is -0.450. The lowest BCUT2D eigenvalue weighted by atomic mass is 9.11. The van der Waals surface area contributed by atoms with Crippen LogP contribution in [0.4, 0.5) is 0 Å². The Balaban J connectivity index is 1.49. The molecule has 1 spiro atoms. The third-order valence-corrected chi connectivity index (χ3v) is 9.32. The first-order valence-corrected chi connectivity index (χ1v) is 8.17. The SMILES string of the molecule is O=C(O)C(C(=O)O)C12C3[C@@H]4[C@H]1C1[C@@H]2[C@@H]3C4(Br)C12OCCO2. The van der Waals surface area contributed by atoms with Crippen LogP contribution in [0.25, 0.3) is 0 Å². The van der Waals surface area contributed by atoms with Crippen LogP contribution in [0.2, 0.25) is 0 Å². The Hall–Kier alpha value is -0.660. The molecule has 1 aliphatic heterocycles. The van der Waals surface area contributed by atoms with Crippen LogP contribution in [0.3, 0.4) is 0 Å². The standard InChI is InChI=1S/C14H13BrO6/c15-13-6-3-7(13)5-8(14(13)20-1-2-21-14)4(6)12(3,5)9(10(16)17)11(18)19/h3-9H,1-2H2,(H,16,17)(H,18,19)/t3?,4-,5-,6+,7+,8?,12?,13?/m0/s1. The number of ether oxygens (including phenoxy) is 2. The summed E-state index contributed by atoms with van der Waals surface area (Å²) in [6.45, 7) is 1.14. The van der Waals surface area contributed by atoms with Gasteiger partial charge >= 0.3 is 11.9 Å². The van der Waals surface area contributed by atoms with Crippen molar-refractivity contribution in [3.63, 3.8) is 0 Å². The van der Waals surface area contributed by atoms with E-state index >= 15 is 0 Å². The van der Waals surface area contributed by atoms with Crippen molar-refractivity contribution in [1.82, 2.24) is 0 Å². The molecule has 6 nitrogen and oxygen atoms in total. The van der Waals surface area contributed by atoms with Gasteiger partial charge in [0.25, 0.3) is 0 Å². The Labute approximate surface area is 127 Å². The third kappa shape index (κ3) is 0.697. The summed E-state index contributed by atoms with van der Waals surface area (Å²) < 4.78 is 11.8. The first-order chi connectivity index (χ1) is 9.95. The average molecular weight is 357 g/mol. The van der Waals surface area contributed by atoms with E-state index in [1.807, 2.05) is 0 Å². The van der Waals surface area contributed by atoms with Crippen molar-refractivity contribution in [2.75, 3.05) is 13.2 Å². The highest BCUT2D eigenvalue weighted by Gasteiger charge is 3.10. The van der Waals surface area contributed by atoms with Crippen molar-refractivity contribution >= 4 is 27.9 Å². The van der Waals surface area contributed by atoms with Crippen molar-refractivity contribution < 1.29 is 29.3 Å². The lowest BCUT2D eigenvalue weighted by Crippen LogP contribution is -2.94. The number of aliphatic carboxylic acids is 2. The highest BCUT2D eigenvalue weighted by atomic mass is 79.9. The van der Waals surface area contributed by atoms with Crippen molar-refractivity contribution in [2.24, 2.45) is 46.8 Å². The largest absolute Gasteiger partial charge is 0.481 e. The van der Waals surface area contributed by atoms with Gasteiger partial charge in [0.05, 0.1) is 17.5 Å². The van der Waals surface area contributed by atoms with Gasteiger partial charge in [0.15, 0.2) is 11.7 Å². The van der Waals surface area contributed by atoms with Crippen LogP contribution in [-0.2, 0) is 19.1 Å². The molecular weight excluding hydrogens is 344 g/mol. The van der Waals surface area contributed by atoms with Gasteiger partial charge in [-0.2, -0.15) is 0 Å². The quantitative estimate of drug-likeness (QED) is 0.561. The summed E-state index contributed by atoms with van der Waals surface area (Å²) in [5.41, 5.74) is -0.520. The molecule has 7 aliphatic rings. The second-order valence-corrected chi connectivity index (χ2v) is 8.71. The number of halogens is 1. The van der Waals surface area contributed by atoms with Crippen LogP contribution >= 0.6 is 15.9 Å². The van der Waals surface area contributed by atoms with E-state index < -0.39 is 29.1 Å². The Morgan fingerprint density at radius 3 is 1.90 bits per heavy atom. The van der Waals surface area contributed by atoms with Gasteiger partial charge in [0, 0.05) is 11.3 Å². The molecule has 7 heteroatoms. The number of carboxylic acid groups (broad SMARTS) is 2. The van der Waals surface area contributed by atoms with E-state index in [4.69, 9.17) is 9.47 Å². The van der Waals surface area contributed by atoms with Gasteiger partial charge in [-0.1, -0.05) is 15.9 Å². The van der Waals surface area contributed by atoms with E-state index in [2.05, 4.69) is 15.9 Å². The Bertz CT molecular complexity index is 605. The molecule has 0 radical (unpaired) electrons. The first-order valence-electron chi connectivity index (χ1n) is 7.38. The van der Waals surface area contributed by atoms with Gasteiger partial charge < -0.3 is 19.7 Å². The summed E-state index contributed by atoms with van der Waals surface area (Å²) in [7, 11) is 0. The van der Waals surface area contributed by atoms with Crippen molar-refractivity contribution in [3.8, 4) is 0 Å². The van der Waals surface area contributed by atoms with E-state index in [1.165, 1.54) is 0 Å². The molecule has 0 aromatic rings. The van der Waals surface area contributed by atoms with E-state index in [0.717, 1.165) is 0 Å². The second kappa shape index (κ2) is 2.78. The average Bonchev–Trinajstić information content (AvgIpc) is 2.94. The summed E-state index contributed by atoms with van der Waals surface area (Å²) >= 11 is 3.88. The van der Waals surface area contributed by atoms with Crippen LogP contribution in [-0.4, -0.2) is 45.5 Å². The third-order valence-electron chi connectivity index (χ3n) is 7.71. The van der Waals surface area contributed by atoms with Gasteiger partial charge in [-0.25, -0.2) is 0 Å². The second-order valence-electron chi connectivity index (χ2n) is 7.40. The molecule has 2 bridgehead atoms. The molecular formula is C14H13BrO6. The number of carboxylic acids is 2. The molecule has 0 amide bonds. The number of hydrogen-bond acceptors (Lipinski definition) is 4. The molecule has 0 aromatic carbocycles. The molecule has 112 valence electrons. The minimum atomic E-state index is -1.27. The highest BCUT2D eigenvalue weighted by Crippen LogP contribution is 3.05. The molecule has 7 rings (SSSR count). The zero-order valence-electron chi connectivity index (χ0n) is 10.9. The van der Waals surface area contributed by atoms with Crippen molar-refractivity contribution in [3.05, 3.63) is 0 Å². The molecule has 2 N–H and O–H groups in total. The van der Waals surface area contributed by atoms with Crippen molar-refractivity contribution in [1.29, 1.82) is 0 Å². The fraction of sp³-hybridized carbons (Fsp3) is 0.857. The number of hydrogen-bond donors (Lipinski definition) is 2. The highest BCUT2D eigenvalue weighted by molar-refractivity contribution is 9.10. The molecule has 1 heterocycles. The van der Waals surface area contributed by atoms with Gasteiger partial charge in [0.1, 0.15) is 0 Å². The minimum Gasteiger partial charge on any atom is -0.481 e. The first kappa shape index (κ1) is 11.8. The van der Waals surface area contributed by atoms with Gasteiger partial charge in [-0.3, -0.25) is 9.59 Å². The number of carbonyl (C=O) groups is 2. The Kier molecular flexibility index (Phi) is 1.57. The Morgan fingerprint density at radius 1 is 0.952 bits per heavy atom. The fourth-order valence-corrected chi connectivity index (χ4v) is 9.44. The summed E-state index contributed by atoms with van der Waals surface area (Å²) in [4.78, 5) is 23.0. The van der Waals surface area contributed by atoms with Crippen LogP contribution in [0.15, 0.2) is 0 Å². The van der Waals surface area contributed by atoms with Gasteiger partial charge in [-0.05, 0) is 29.6 Å². The van der Waals surface area contributed by atoms with Crippen LogP contribution in [0, 0.1) is 46.8 Å². The summed E-state index contributed by atoms with van der Waals surface area (Å²) in [5, 5.41) is 18.8. The number of alkyl halides is 1. The summed E-state index contributed by atoms with van der Waals surface area (Å²) in [6, 6.07) is 0. The lowest BCUT2D eigenvalue weighted by Gasteiger charge is -2.92. The van der Waals surface area contributed by atoms with Crippen LogP contribution < -0.4 is 0 Å². The fourth-order valence-electron chi connectivity index (χ4n) is 7.81. The summed E-state index contributed by atoms with van der Waals surface area (Å²) in [6.07, 6.45) is 0. The predicted octanol–water partition coefficient (Wildman–Crippen LogP) is 0.400. The van der Waals surface area contributed by atoms with E-state index in [1.54, 1.807) is 0 Å². The molecule has 6 saturated carbocycles. The van der Waals surface area contributed by atoms with E-state index in [-0.39, 0.29) is 28.0 Å². The molecule has 21 heavy (non-hydrogen) atoms. The maximum Gasteiger partial charge on any atom is 0.318 e. The van der Waals surface area contributed by atoms with Gasteiger partial charge in [0.2, 0.25) is 0 Å². The minimum absolute atomic E-state index is 0.132. The molecule has 0 unspecified atom stereocenters. The zero-order chi connectivity index (χ0) is 14.5. The Morgan fingerprint density at radius 2 is 1.43 bits per heavy atom. The maximum absolute atomic E-state index is 11.5. The zero-order valence-corrected chi connectivity index (χ0v) is 12.4. The smallest absolute Gasteiger partial charge is 0.318 e. The topological polar surface area (TPSA) is 93.1 Å². The van der Waals surface area contributed by atoms with E-state index in [0.29, 0.717) is 25.0 Å². The van der Waals surface area contributed by atoms with Crippen LogP contribution in [0.1, 0.15) is 0 Å². The predicted molar refractivity (Wildman–Crippen MR) is 68.4 cm³/mol. The molecule has 1 saturated heterocycles. The monoisotopic (exact) mass is 356 g/mol.